The van der Waals surface area contributed by atoms with E-state index in [0.29, 0.717) is 12.5 Å². The van der Waals surface area contributed by atoms with Crippen LogP contribution in [0.3, 0.4) is 0 Å². The van der Waals surface area contributed by atoms with Crippen LogP contribution in [0.15, 0.2) is 18.5 Å². The molecule has 0 aromatic carbocycles. The van der Waals surface area contributed by atoms with Crippen LogP contribution < -0.4 is 14.8 Å². The van der Waals surface area contributed by atoms with Gasteiger partial charge in [-0.2, -0.15) is 18.9 Å². The predicted octanol–water partition coefficient (Wildman–Crippen LogP) is 2.50. The molecule has 2 bridgehead atoms. The molecule has 2 aliphatic rings. The molecule has 2 aromatic rings. The second-order valence-electron chi connectivity index (χ2n) is 6.66. The van der Waals surface area contributed by atoms with E-state index in [1.807, 2.05) is 7.05 Å². The van der Waals surface area contributed by atoms with Gasteiger partial charge in [0.25, 0.3) is 0 Å². The van der Waals surface area contributed by atoms with Crippen molar-refractivity contribution in [3.8, 4) is 11.8 Å². The third kappa shape index (κ3) is 3.77. The third-order valence-electron chi connectivity index (χ3n) is 5.03. The van der Waals surface area contributed by atoms with Gasteiger partial charge in [0.15, 0.2) is 17.8 Å². The lowest BCUT2D eigenvalue weighted by atomic mass is 9.98. The Bertz CT molecular complexity index is 791. The summed E-state index contributed by atoms with van der Waals surface area (Å²) in [6.07, 6.45) is 3.57. The first-order valence-electron chi connectivity index (χ1n) is 8.61. The fourth-order valence-electron chi connectivity index (χ4n) is 3.74. The fraction of sp³-hybridized carbons (Fsp3) is 0.562. The van der Waals surface area contributed by atoms with Gasteiger partial charge < -0.3 is 14.8 Å². The predicted molar refractivity (Wildman–Crippen MR) is 89.0 cm³/mol. The van der Waals surface area contributed by atoms with E-state index in [0.717, 1.165) is 12.8 Å². The number of aromatic amines is 1. The number of aromatic nitrogens is 4. The van der Waals surface area contributed by atoms with Crippen LogP contribution in [0.2, 0.25) is 0 Å². The summed E-state index contributed by atoms with van der Waals surface area (Å²) in [5.41, 5.74) is 0. The van der Waals surface area contributed by atoms with Gasteiger partial charge in [-0.15, -0.1) is 0 Å². The molecule has 4 atom stereocenters. The van der Waals surface area contributed by atoms with Crippen molar-refractivity contribution >= 4 is 11.6 Å². The summed E-state index contributed by atoms with van der Waals surface area (Å²) in [6.45, 7) is -2.95. The molecule has 0 spiro atoms. The molecule has 0 aliphatic carbocycles. The molecule has 0 unspecified atom stereocenters. The van der Waals surface area contributed by atoms with Crippen LogP contribution in [0.4, 0.5) is 24.8 Å². The molecule has 0 saturated carbocycles. The van der Waals surface area contributed by atoms with Crippen LogP contribution in [0.5, 0.6) is 11.8 Å². The summed E-state index contributed by atoms with van der Waals surface area (Å²) in [4.78, 5) is 10.3. The Morgan fingerprint density at radius 1 is 1.30 bits per heavy atom. The minimum atomic E-state index is -2.95. The number of H-pyrrole nitrogens is 1. The number of alkyl halides is 3. The zero-order valence-corrected chi connectivity index (χ0v) is 14.5. The Morgan fingerprint density at radius 2 is 2.15 bits per heavy atom. The minimum Gasteiger partial charge on any atom is -0.470 e. The van der Waals surface area contributed by atoms with E-state index in [-0.39, 0.29) is 29.4 Å². The fourth-order valence-corrected chi connectivity index (χ4v) is 3.74. The molecule has 146 valence electrons. The monoisotopic (exact) mass is 384 g/mol. The summed E-state index contributed by atoms with van der Waals surface area (Å²) in [7, 11) is 1.95. The van der Waals surface area contributed by atoms with Gasteiger partial charge in [0.05, 0.1) is 12.4 Å². The molecular weight excluding hydrogens is 365 g/mol. The van der Waals surface area contributed by atoms with Crippen molar-refractivity contribution in [2.75, 3.05) is 12.4 Å². The van der Waals surface area contributed by atoms with Crippen LogP contribution in [-0.2, 0) is 0 Å². The molecule has 11 heteroatoms. The van der Waals surface area contributed by atoms with Crippen LogP contribution >= 0.6 is 0 Å². The third-order valence-corrected chi connectivity index (χ3v) is 5.03. The van der Waals surface area contributed by atoms with Gasteiger partial charge in [-0.3, -0.25) is 9.88 Å². The SMILES string of the molecule is CN1[C@H]2CC[C@@H]1[C@H](F)[C@@H](Oc1cncc(Nc3cc(OC(F)F)[nH]n3)n1)C2. The van der Waals surface area contributed by atoms with E-state index in [4.69, 9.17) is 4.74 Å². The van der Waals surface area contributed by atoms with Gasteiger partial charge in [0.2, 0.25) is 11.8 Å². The number of ether oxygens (including phenoxy) is 2. The van der Waals surface area contributed by atoms with Crippen molar-refractivity contribution in [2.24, 2.45) is 0 Å². The molecule has 2 aromatic heterocycles. The number of piperidine rings is 1. The summed E-state index contributed by atoms with van der Waals surface area (Å²) in [6, 6.07) is 1.45. The average Bonchev–Trinajstić information content (AvgIpc) is 3.15. The highest BCUT2D eigenvalue weighted by Crippen LogP contribution is 2.37. The molecular formula is C16H19F3N6O2. The number of hydrogen-bond donors (Lipinski definition) is 2. The number of anilines is 2. The highest BCUT2D eigenvalue weighted by atomic mass is 19.3. The molecule has 2 N–H and O–H groups in total. The lowest BCUT2D eigenvalue weighted by Gasteiger charge is -2.38. The molecule has 2 fully saturated rings. The van der Waals surface area contributed by atoms with Gasteiger partial charge in [0, 0.05) is 24.6 Å². The number of nitrogens with one attached hydrogen (secondary N) is 2. The van der Waals surface area contributed by atoms with E-state index >= 15 is 0 Å². The number of hydrogen-bond acceptors (Lipinski definition) is 7. The Kier molecular flexibility index (Phi) is 4.77. The molecule has 27 heavy (non-hydrogen) atoms. The maximum atomic E-state index is 14.7. The Hall–Kier alpha value is -2.56. The molecule has 2 aliphatic heterocycles. The standard InChI is InChI=1S/C16H19F3N6O2/c1-25-8-2-3-9(25)15(17)10(4-8)26-14-7-20-6-12(22-14)21-11-5-13(24-23-11)27-16(18)19/h5-10,15-16H,2-4H2,1H3,(H2,21,22,23,24)/t8-,9+,10-,15-/m0/s1. The Morgan fingerprint density at radius 3 is 2.96 bits per heavy atom. The first-order valence-corrected chi connectivity index (χ1v) is 8.61. The number of nitrogens with zero attached hydrogens (tertiary/aromatic N) is 4. The van der Waals surface area contributed by atoms with E-state index in [9.17, 15) is 13.2 Å². The Balaban J connectivity index is 1.41. The maximum Gasteiger partial charge on any atom is 0.388 e. The van der Waals surface area contributed by atoms with E-state index in [2.05, 4.69) is 35.1 Å². The van der Waals surface area contributed by atoms with Gasteiger partial charge >= 0.3 is 6.61 Å². The van der Waals surface area contributed by atoms with Crippen molar-refractivity contribution in [3.63, 3.8) is 0 Å². The maximum absolute atomic E-state index is 14.7. The molecule has 0 amide bonds. The largest absolute Gasteiger partial charge is 0.470 e. The van der Waals surface area contributed by atoms with Crippen LogP contribution in [0.1, 0.15) is 19.3 Å². The zero-order valence-electron chi connectivity index (χ0n) is 14.5. The molecule has 4 rings (SSSR count). The summed E-state index contributed by atoms with van der Waals surface area (Å²) < 4.78 is 49.1. The van der Waals surface area contributed by atoms with Gasteiger partial charge in [-0.1, -0.05) is 0 Å². The molecule has 8 nitrogen and oxygen atoms in total. The van der Waals surface area contributed by atoms with Crippen molar-refractivity contribution in [2.45, 2.75) is 50.2 Å². The highest BCUT2D eigenvalue weighted by Gasteiger charge is 2.47. The lowest BCUT2D eigenvalue weighted by molar-refractivity contribution is -0.0528. The number of rotatable bonds is 6. The first-order chi connectivity index (χ1) is 13.0. The Labute approximate surface area is 153 Å². The number of fused-ring (bicyclic) bond motifs is 2. The number of halogens is 3. The quantitative estimate of drug-likeness (QED) is 0.791. The second kappa shape index (κ2) is 7.22. The van der Waals surface area contributed by atoms with E-state index in [1.165, 1.54) is 18.5 Å². The minimum absolute atomic E-state index is 0.125. The van der Waals surface area contributed by atoms with Crippen LogP contribution in [0, 0.1) is 0 Å². The van der Waals surface area contributed by atoms with Crippen molar-refractivity contribution in [3.05, 3.63) is 18.5 Å². The zero-order chi connectivity index (χ0) is 19.0. The summed E-state index contributed by atoms with van der Waals surface area (Å²) in [5.74, 6) is 0.512. The van der Waals surface area contributed by atoms with Crippen molar-refractivity contribution in [1.29, 1.82) is 0 Å². The average molecular weight is 384 g/mol. The second-order valence-corrected chi connectivity index (χ2v) is 6.66. The highest BCUT2D eigenvalue weighted by molar-refractivity contribution is 5.52. The molecule has 4 heterocycles. The smallest absolute Gasteiger partial charge is 0.388 e. The van der Waals surface area contributed by atoms with Crippen molar-refractivity contribution in [1.82, 2.24) is 25.1 Å². The van der Waals surface area contributed by atoms with Gasteiger partial charge in [-0.25, -0.2) is 9.49 Å². The van der Waals surface area contributed by atoms with Crippen LogP contribution in [-0.4, -0.2) is 63.1 Å². The van der Waals surface area contributed by atoms with Crippen LogP contribution in [0.25, 0.3) is 0 Å². The molecule has 0 radical (unpaired) electrons. The van der Waals surface area contributed by atoms with Gasteiger partial charge in [0.1, 0.15) is 6.10 Å². The first kappa shape index (κ1) is 17.8. The topological polar surface area (TPSA) is 88.2 Å². The lowest BCUT2D eigenvalue weighted by Crippen LogP contribution is -2.52. The van der Waals surface area contributed by atoms with Gasteiger partial charge in [-0.05, 0) is 19.9 Å². The molecule has 2 saturated heterocycles. The summed E-state index contributed by atoms with van der Waals surface area (Å²) in [5, 5.41) is 8.91. The van der Waals surface area contributed by atoms with E-state index in [1.54, 1.807) is 0 Å². The van der Waals surface area contributed by atoms with E-state index < -0.39 is 18.9 Å². The summed E-state index contributed by atoms with van der Waals surface area (Å²) >= 11 is 0. The van der Waals surface area contributed by atoms with Crippen molar-refractivity contribution < 1.29 is 22.6 Å². The normalized spacial score (nSPS) is 27.7.